The van der Waals surface area contributed by atoms with Gasteiger partial charge in [0.15, 0.2) is 0 Å². The van der Waals surface area contributed by atoms with Gasteiger partial charge in [0.25, 0.3) is 0 Å². The predicted octanol–water partition coefficient (Wildman–Crippen LogP) is -0.377. The van der Waals surface area contributed by atoms with Crippen LogP contribution in [0, 0.1) is 12.8 Å². The number of piperidine rings is 1. The van der Waals surface area contributed by atoms with Crippen LogP contribution in [0.2, 0.25) is 0 Å². The largest absolute Gasteiger partial charge is 0.340 e. The van der Waals surface area contributed by atoms with Crippen molar-refractivity contribution in [3.63, 3.8) is 0 Å². The number of carbonyl (C=O) groups is 1. The van der Waals surface area contributed by atoms with Crippen LogP contribution in [0.15, 0.2) is 11.1 Å². The van der Waals surface area contributed by atoms with Crippen LogP contribution in [-0.4, -0.2) is 91.1 Å². The molecule has 2 aliphatic rings. The van der Waals surface area contributed by atoms with Gasteiger partial charge < -0.3 is 4.90 Å². The maximum Gasteiger partial charge on any atom is 0.246 e. The number of rotatable bonds is 5. The lowest BCUT2D eigenvalue weighted by molar-refractivity contribution is -0.137. The zero-order valence-electron chi connectivity index (χ0n) is 17.1. The van der Waals surface area contributed by atoms with Crippen molar-refractivity contribution in [2.75, 3.05) is 45.0 Å². The summed E-state index contributed by atoms with van der Waals surface area (Å²) in [7, 11) is -5.28. The van der Waals surface area contributed by atoms with Gasteiger partial charge >= 0.3 is 0 Å². The third kappa shape index (κ3) is 4.35. The first-order valence-electron chi connectivity index (χ1n) is 9.83. The van der Waals surface area contributed by atoms with E-state index in [-0.39, 0.29) is 36.2 Å². The average molecular weight is 448 g/mol. The van der Waals surface area contributed by atoms with Gasteiger partial charge in [-0.25, -0.2) is 16.8 Å². The van der Waals surface area contributed by atoms with Crippen LogP contribution >= 0.6 is 0 Å². The monoisotopic (exact) mass is 447 g/mol. The Labute approximate surface area is 172 Å². The Morgan fingerprint density at radius 1 is 1.10 bits per heavy atom. The summed E-state index contributed by atoms with van der Waals surface area (Å²) in [5.74, 6) is -0.462. The molecule has 0 aromatic carbocycles. The molecule has 3 heterocycles. The molecule has 0 N–H and O–H groups in total. The molecule has 1 amide bonds. The van der Waals surface area contributed by atoms with E-state index >= 15 is 0 Å². The third-order valence-corrected chi connectivity index (χ3v) is 9.70. The summed E-state index contributed by atoms with van der Waals surface area (Å²) in [4.78, 5) is 14.8. The van der Waals surface area contributed by atoms with E-state index in [1.807, 2.05) is 0 Å². The summed E-state index contributed by atoms with van der Waals surface area (Å²) in [5.41, 5.74) is 0.562. The highest BCUT2D eigenvalue weighted by atomic mass is 32.2. The Hall–Kier alpha value is -1.50. The maximum atomic E-state index is 13.0. The lowest BCUT2D eigenvalue weighted by Gasteiger charge is -2.38. The fraction of sp³-hybridized carbons (Fsp3) is 0.765. The molecule has 2 fully saturated rings. The number of sulfonamides is 2. The van der Waals surface area contributed by atoms with E-state index in [4.69, 9.17) is 0 Å². The summed E-state index contributed by atoms with van der Waals surface area (Å²) in [5, 5.41) is 4.02. The van der Waals surface area contributed by atoms with E-state index in [1.54, 1.807) is 25.8 Å². The van der Waals surface area contributed by atoms with Crippen molar-refractivity contribution >= 4 is 26.0 Å². The van der Waals surface area contributed by atoms with Crippen molar-refractivity contribution < 1.29 is 21.6 Å². The zero-order chi connectivity index (χ0) is 21.4. The van der Waals surface area contributed by atoms with Crippen LogP contribution < -0.4 is 0 Å². The van der Waals surface area contributed by atoms with E-state index in [9.17, 15) is 21.6 Å². The third-order valence-electron chi connectivity index (χ3n) is 5.85. The molecule has 0 bridgehead atoms. The first-order valence-corrected chi connectivity index (χ1v) is 12.9. The molecule has 0 unspecified atom stereocenters. The number of amides is 1. The van der Waals surface area contributed by atoms with Gasteiger partial charge in [0.2, 0.25) is 26.0 Å². The Kier molecular flexibility index (Phi) is 6.37. The van der Waals surface area contributed by atoms with Crippen molar-refractivity contribution in [1.29, 1.82) is 0 Å². The van der Waals surface area contributed by atoms with Crippen molar-refractivity contribution in [2.45, 2.75) is 31.6 Å². The van der Waals surface area contributed by atoms with Crippen LogP contribution in [0.1, 0.15) is 25.5 Å². The molecule has 10 nitrogen and oxygen atoms in total. The molecule has 3 rings (SSSR count). The van der Waals surface area contributed by atoms with Crippen LogP contribution in [0.3, 0.4) is 0 Å². The fourth-order valence-corrected chi connectivity index (χ4v) is 6.65. The van der Waals surface area contributed by atoms with Crippen LogP contribution in [0.25, 0.3) is 0 Å². The minimum absolute atomic E-state index is 0.0458. The first kappa shape index (κ1) is 22.2. The molecule has 2 aliphatic heterocycles. The fourth-order valence-electron chi connectivity index (χ4n) is 3.86. The molecular weight excluding hydrogens is 418 g/mol. The molecule has 0 saturated carbocycles. The van der Waals surface area contributed by atoms with E-state index in [0.717, 1.165) is 0 Å². The normalized spacial score (nSPS) is 22.7. The molecule has 0 radical (unpaired) electrons. The van der Waals surface area contributed by atoms with E-state index in [2.05, 4.69) is 5.10 Å². The Morgan fingerprint density at radius 2 is 1.76 bits per heavy atom. The minimum Gasteiger partial charge on any atom is -0.340 e. The number of aromatic nitrogens is 2. The Morgan fingerprint density at radius 3 is 2.31 bits per heavy atom. The highest BCUT2D eigenvalue weighted by molar-refractivity contribution is 7.89. The minimum atomic E-state index is -3.71. The summed E-state index contributed by atoms with van der Waals surface area (Å²) < 4.78 is 54.3. The number of carbonyl (C=O) groups excluding carboxylic acids is 1. The smallest absolute Gasteiger partial charge is 0.246 e. The van der Waals surface area contributed by atoms with E-state index < -0.39 is 26.0 Å². The lowest BCUT2D eigenvalue weighted by atomic mass is 9.98. The number of hydrogen-bond acceptors (Lipinski definition) is 6. The van der Waals surface area contributed by atoms with Gasteiger partial charge in [-0.15, -0.1) is 0 Å². The van der Waals surface area contributed by atoms with Gasteiger partial charge in [-0.3, -0.25) is 9.48 Å². The van der Waals surface area contributed by atoms with Gasteiger partial charge in [0.05, 0.1) is 23.6 Å². The molecule has 12 heteroatoms. The zero-order valence-corrected chi connectivity index (χ0v) is 18.7. The molecule has 29 heavy (non-hydrogen) atoms. The number of nitrogens with zero attached hydrogens (tertiary/aromatic N) is 5. The summed E-state index contributed by atoms with van der Waals surface area (Å²) in [6.07, 6.45) is 2.59. The topological polar surface area (TPSA) is 113 Å². The first-order chi connectivity index (χ1) is 13.6. The predicted molar refractivity (Wildman–Crippen MR) is 107 cm³/mol. The van der Waals surface area contributed by atoms with Gasteiger partial charge in [0.1, 0.15) is 4.90 Å². The van der Waals surface area contributed by atoms with Crippen LogP contribution in [0.4, 0.5) is 0 Å². The summed E-state index contributed by atoms with van der Waals surface area (Å²) >= 11 is 0. The standard InChI is InChI=1S/C17H29N5O5S2/c1-4-28(24,25)21-10-8-20(9-11-21)17(23)15-6-5-7-22(13-15)29(26,27)16-12-18-19(3)14(16)2/h12,15H,4-11,13H2,1-3H3/t15-/m0/s1. The van der Waals surface area contributed by atoms with Crippen molar-refractivity contribution in [3.8, 4) is 0 Å². The second-order valence-electron chi connectivity index (χ2n) is 7.54. The van der Waals surface area contributed by atoms with E-state index in [0.29, 0.717) is 38.2 Å². The second kappa shape index (κ2) is 8.32. The van der Waals surface area contributed by atoms with Gasteiger partial charge in [0, 0.05) is 46.3 Å². The van der Waals surface area contributed by atoms with Crippen molar-refractivity contribution in [3.05, 3.63) is 11.9 Å². The van der Waals surface area contributed by atoms with Gasteiger partial charge in [-0.2, -0.15) is 13.7 Å². The van der Waals surface area contributed by atoms with E-state index in [1.165, 1.54) is 19.5 Å². The highest BCUT2D eigenvalue weighted by Crippen LogP contribution is 2.26. The molecule has 164 valence electrons. The Balaban J connectivity index is 1.67. The highest BCUT2D eigenvalue weighted by Gasteiger charge is 2.37. The molecule has 0 spiro atoms. The molecule has 1 aromatic heterocycles. The van der Waals surface area contributed by atoms with Crippen molar-refractivity contribution in [1.82, 2.24) is 23.3 Å². The number of piperazine rings is 1. The maximum absolute atomic E-state index is 13.0. The number of aryl methyl sites for hydroxylation is 1. The summed E-state index contributed by atoms with van der Waals surface area (Å²) in [6.45, 7) is 5.07. The second-order valence-corrected chi connectivity index (χ2v) is 11.7. The number of hydrogen-bond donors (Lipinski definition) is 0. The van der Waals surface area contributed by atoms with Crippen molar-refractivity contribution in [2.24, 2.45) is 13.0 Å². The van der Waals surface area contributed by atoms with Crippen LogP contribution in [0.5, 0.6) is 0 Å². The van der Waals surface area contributed by atoms with Crippen LogP contribution in [-0.2, 0) is 31.9 Å². The van der Waals surface area contributed by atoms with Gasteiger partial charge in [-0.1, -0.05) is 0 Å². The quantitative estimate of drug-likeness (QED) is 0.608. The summed E-state index contributed by atoms with van der Waals surface area (Å²) in [6, 6.07) is 0. The molecule has 1 atom stereocenters. The lowest BCUT2D eigenvalue weighted by Crippen LogP contribution is -2.54. The molecule has 1 aromatic rings. The SMILES string of the molecule is CCS(=O)(=O)N1CCN(C(=O)[C@H]2CCCN(S(=O)(=O)c3cnn(C)c3C)C2)CC1. The molecule has 2 saturated heterocycles. The molecule has 0 aliphatic carbocycles. The van der Waals surface area contributed by atoms with Gasteiger partial charge in [-0.05, 0) is 26.7 Å². The molecular formula is C17H29N5O5S2. The Bertz CT molecular complexity index is 964. The average Bonchev–Trinajstić information content (AvgIpc) is 3.07.